The number of nitrogens with one attached hydrogen (secondary N) is 1. The van der Waals surface area contributed by atoms with Crippen LogP contribution in [0.15, 0.2) is 42.5 Å². The minimum absolute atomic E-state index is 0.0215. The van der Waals surface area contributed by atoms with Crippen molar-refractivity contribution in [1.29, 1.82) is 0 Å². The summed E-state index contributed by atoms with van der Waals surface area (Å²) in [6, 6.07) is 10.9. The van der Waals surface area contributed by atoms with Gasteiger partial charge in [-0.15, -0.1) is 0 Å². The van der Waals surface area contributed by atoms with Gasteiger partial charge < -0.3 is 20.3 Å². The first-order valence-corrected chi connectivity index (χ1v) is 5.59. The Morgan fingerprint density at radius 3 is 2.42 bits per heavy atom. The number of ether oxygens (including phenoxy) is 1. The highest BCUT2D eigenvalue weighted by Gasteiger charge is 2.17. The van der Waals surface area contributed by atoms with Crippen molar-refractivity contribution in [2.24, 2.45) is 0 Å². The SMILES string of the molecule is COc1cccc(O)c1C(=O)Nc1ccccc1O. The number of carbonyl (C=O) groups is 1. The standard InChI is InChI=1S/C14H13NO4/c1-19-12-8-4-7-11(17)13(12)14(18)15-9-5-2-3-6-10(9)16/h2-8,16-17H,1H3,(H,15,18). The molecule has 0 aliphatic rings. The molecule has 0 saturated carbocycles. The number of amides is 1. The number of benzene rings is 2. The predicted molar refractivity (Wildman–Crippen MR) is 70.7 cm³/mol. The van der Waals surface area contributed by atoms with Gasteiger partial charge in [0, 0.05) is 0 Å². The summed E-state index contributed by atoms with van der Waals surface area (Å²) >= 11 is 0. The molecule has 0 bridgehead atoms. The van der Waals surface area contributed by atoms with Crippen LogP contribution in [0.3, 0.4) is 0 Å². The highest BCUT2D eigenvalue weighted by atomic mass is 16.5. The number of methoxy groups -OCH3 is 1. The Bertz CT molecular complexity index is 610. The predicted octanol–water partition coefficient (Wildman–Crippen LogP) is 2.36. The molecule has 0 fully saturated rings. The van der Waals surface area contributed by atoms with E-state index in [1.165, 1.54) is 19.2 Å². The number of hydrogen-bond acceptors (Lipinski definition) is 4. The minimum Gasteiger partial charge on any atom is -0.507 e. The highest BCUT2D eigenvalue weighted by molar-refractivity contribution is 6.08. The molecule has 0 heterocycles. The van der Waals surface area contributed by atoms with E-state index in [0.717, 1.165) is 0 Å². The van der Waals surface area contributed by atoms with E-state index in [4.69, 9.17) is 4.74 Å². The Hall–Kier alpha value is -2.69. The second-order valence-electron chi connectivity index (χ2n) is 3.83. The molecule has 19 heavy (non-hydrogen) atoms. The zero-order chi connectivity index (χ0) is 13.8. The van der Waals surface area contributed by atoms with Crippen molar-refractivity contribution in [3.05, 3.63) is 48.0 Å². The van der Waals surface area contributed by atoms with Gasteiger partial charge in [-0.1, -0.05) is 18.2 Å². The summed E-state index contributed by atoms with van der Waals surface area (Å²) in [5.41, 5.74) is 0.283. The van der Waals surface area contributed by atoms with Crippen LogP contribution in [0.1, 0.15) is 10.4 Å². The summed E-state index contributed by atoms with van der Waals surface area (Å²) in [5, 5.41) is 21.8. The van der Waals surface area contributed by atoms with Gasteiger partial charge >= 0.3 is 0 Å². The molecule has 0 saturated heterocycles. The van der Waals surface area contributed by atoms with Gasteiger partial charge in [-0.3, -0.25) is 4.79 Å². The molecule has 0 atom stereocenters. The van der Waals surface area contributed by atoms with Crippen LogP contribution in [0.25, 0.3) is 0 Å². The fourth-order valence-electron chi connectivity index (χ4n) is 1.68. The van der Waals surface area contributed by atoms with E-state index in [2.05, 4.69) is 5.32 Å². The Morgan fingerprint density at radius 2 is 1.74 bits per heavy atom. The van der Waals surface area contributed by atoms with E-state index < -0.39 is 5.91 Å². The second kappa shape index (κ2) is 5.30. The summed E-state index contributed by atoms with van der Waals surface area (Å²) in [6.07, 6.45) is 0. The Morgan fingerprint density at radius 1 is 1.05 bits per heavy atom. The lowest BCUT2D eigenvalue weighted by Crippen LogP contribution is -2.13. The summed E-state index contributed by atoms with van der Waals surface area (Å²) in [5.74, 6) is -0.540. The molecular weight excluding hydrogens is 246 g/mol. The van der Waals surface area contributed by atoms with Crippen LogP contribution < -0.4 is 10.1 Å². The van der Waals surface area contributed by atoms with Crippen molar-refractivity contribution in [2.45, 2.75) is 0 Å². The topological polar surface area (TPSA) is 78.8 Å². The van der Waals surface area contributed by atoms with E-state index in [-0.39, 0.29) is 28.5 Å². The lowest BCUT2D eigenvalue weighted by atomic mass is 10.1. The number of carbonyl (C=O) groups excluding carboxylic acids is 1. The van der Waals surface area contributed by atoms with Gasteiger partial charge in [-0.2, -0.15) is 0 Å². The molecular formula is C14H13NO4. The smallest absolute Gasteiger partial charge is 0.263 e. The van der Waals surface area contributed by atoms with Crippen LogP contribution in [-0.4, -0.2) is 23.2 Å². The number of anilines is 1. The van der Waals surface area contributed by atoms with Crippen molar-refractivity contribution < 1.29 is 19.7 Å². The number of para-hydroxylation sites is 2. The molecule has 0 aliphatic carbocycles. The van der Waals surface area contributed by atoms with Crippen LogP contribution >= 0.6 is 0 Å². The van der Waals surface area contributed by atoms with Gasteiger partial charge in [0.25, 0.3) is 5.91 Å². The summed E-state index contributed by atoms with van der Waals surface area (Å²) < 4.78 is 5.03. The summed E-state index contributed by atoms with van der Waals surface area (Å²) in [4.78, 5) is 12.1. The zero-order valence-electron chi connectivity index (χ0n) is 10.3. The quantitative estimate of drug-likeness (QED) is 0.739. The Balaban J connectivity index is 2.33. The fraction of sp³-hybridized carbons (Fsp3) is 0.0714. The molecule has 2 aromatic rings. The molecule has 2 rings (SSSR count). The third-order valence-corrected chi connectivity index (χ3v) is 2.60. The summed E-state index contributed by atoms with van der Waals surface area (Å²) in [6.45, 7) is 0. The minimum atomic E-state index is -0.559. The lowest BCUT2D eigenvalue weighted by molar-refractivity contribution is 0.102. The van der Waals surface area contributed by atoms with Gasteiger partial charge in [-0.05, 0) is 24.3 Å². The van der Waals surface area contributed by atoms with Crippen LogP contribution in [0, 0.1) is 0 Å². The number of phenolic OH excluding ortho intramolecular Hbond substituents is 2. The highest BCUT2D eigenvalue weighted by Crippen LogP contribution is 2.29. The number of phenols is 2. The zero-order valence-corrected chi connectivity index (χ0v) is 10.3. The maximum absolute atomic E-state index is 12.1. The number of aromatic hydroxyl groups is 2. The first-order chi connectivity index (χ1) is 9.13. The largest absolute Gasteiger partial charge is 0.507 e. The van der Waals surface area contributed by atoms with E-state index in [1.807, 2.05) is 0 Å². The molecule has 5 heteroatoms. The monoisotopic (exact) mass is 259 g/mol. The molecule has 2 aromatic carbocycles. The average molecular weight is 259 g/mol. The number of hydrogen-bond donors (Lipinski definition) is 3. The molecule has 0 aliphatic heterocycles. The number of rotatable bonds is 3. The van der Waals surface area contributed by atoms with E-state index in [9.17, 15) is 15.0 Å². The first-order valence-electron chi connectivity index (χ1n) is 5.59. The van der Waals surface area contributed by atoms with E-state index in [0.29, 0.717) is 0 Å². The molecule has 1 amide bonds. The van der Waals surface area contributed by atoms with Crippen LogP contribution in [0.4, 0.5) is 5.69 Å². The van der Waals surface area contributed by atoms with Gasteiger partial charge in [-0.25, -0.2) is 0 Å². The van der Waals surface area contributed by atoms with Crippen LogP contribution in [0.2, 0.25) is 0 Å². The van der Waals surface area contributed by atoms with Crippen molar-refractivity contribution in [2.75, 3.05) is 12.4 Å². The van der Waals surface area contributed by atoms with Crippen molar-refractivity contribution >= 4 is 11.6 Å². The third kappa shape index (κ3) is 2.60. The molecule has 0 spiro atoms. The van der Waals surface area contributed by atoms with Gasteiger partial charge in [0.15, 0.2) is 0 Å². The van der Waals surface area contributed by atoms with E-state index >= 15 is 0 Å². The molecule has 0 radical (unpaired) electrons. The molecule has 98 valence electrons. The Kier molecular flexibility index (Phi) is 3.56. The van der Waals surface area contributed by atoms with Crippen molar-refractivity contribution in [3.8, 4) is 17.2 Å². The van der Waals surface area contributed by atoms with E-state index in [1.54, 1.807) is 30.3 Å². The van der Waals surface area contributed by atoms with Gasteiger partial charge in [0.2, 0.25) is 0 Å². The van der Waals surface area contributed by atoms with Crippen LogP contribution in [-0.2, 0) is 0 Å². The van der Waals surface area contributed by atoms with Gasteiger partial charge in [0.1, 0.15) is 22.8 Å². The second-order valence-corrected chi connectivity index (χ2v) is 3.83. The normalized spacial score (nSPS) is 9.95. The maximum atomic E-state index is 12.1. The van der Waals surface area contributed by atoms with Gasteiger partial charge in [0.05, 0.1) is 12.8 Å². The Labute approximate surface area is 110 Å². The van der Waals surface area contributed by atoms with Crippen molar-refractivity contribution in [3.63, 3.8) is 0 Å². The molecule has 0 unspecified atom stereocenters. The third-order valence-electron chi connectivity index (χ3n) is 2.60. The lowest BCUT2D eigenvalue weighted by Gasteiger charge is -2.11. The van der Waals surface area contributed by atoms with Crippen molar-refractivity contribution in [1.82, 2.24) is 0 Å². The fourth-order valence-corrected chi connectivity index (χ4v) is 1.68. The molecule has 3 N–H and O–H groups in total. The molecule has 0 aromatic heterocycles. The maximum Gasteiger partial charge on any atom is 0.263 e. The average Bonchev–Trinajstić information content (AvgIpc) is 2.40. The van der Waals surface area contributed by atoms with Crippen LogP contribution in [0.5, 0.6) is 17.2 Å². The first kappa shape index (κ1) is 12.8. The molecule has 5 nitrogen and oxygen atoms in total. The summed E-state index contributed by atoms with van der Waals surface area (Å²) in [7, 11) is 1.41.